The number of hydrogen-bond acceptors (Lipinski definition) is 4. The van der Waals surface area contributed by atoms with Crippen LogP contribution in [-0.4, -0.2) is 42.8 Å². The fourth-order valence-electron chi connectivity index (χ4n) is 2.53. The second kappa shape index (κ2) is 7.04. The lowest BCUT2D eigenvalue weighted by Crippen LogP contribution is -2.50. The molecule has 0 aromatic carbocycles. The molecular formula is C14H26N2O4. The van der Waals surface area contributed by atoms with Crippen LogP contribution in [-0.2, 0) is 14.3 Å². The lowest BCUT2D eigenvalue weighted by Gasteiger charge is -2.26. The highest BCUT2D eigenvalue weighted by Gasteiger charge is 2.47. The number of carboxylic acid groups (broad SMARTS) is 1. The number of aliphatic carboxylic acids is 1. The van der Waals surface area contributed by atoms with Gasteiger partial charge in [0.1, 0.15) is 5.41 Å². The number of rotatable bonds is 7. The first-order valence-electron chi connectivity index (χ1n) is 7.10. The summed E-state index contributed by atoms with van der Waals surface area (Å²) in [5.74, 6) is -0.481. The minimum atomic E-state index is -1.05. The summed E-state index contributed by atoms with van der Waals surface area (Å²) in [4.78, 5) is 23.3. The Morgan fingerprint density at radius 3 is 2.65 bits per heavy atom. The summed E-state index contributed by atoms with van der Waals surface area (Å²) >= 11 is 0. The van der Waals surface area contributed by atoms with Crippen LogP contribution in [0.2, 0.25) is 0 Å². The molecule has 0 aromatic heterocycles. The molecule has 0 aromatic rings. The Kier molecular flexibility index (Phi) is 5.95. The van der Waals surface area contributed by atoms with Crippen LogP contribution < -0.4 is 11.1 Å². The minimum absolute atomic E-state index is 0.125. The molecule has 1 aliphatic heterocycles. The highest BCUT2D eigenvalue weighted by Crippen LogP contribution is 2.29. The maximum Gasteiger partial charge on any atom is 0.313 e. The maximum atomic E-state index is 12.0. The van der Waals surface area contributed by atoms with Gasteiger partial charge in [0.05, 0.1) is 19.3 Å². The van der Waals surface area contributed by atoms with Gasteiger partial charge in [-0.05, 0) is 31.7 Å². The molecular weight excluding hydrogens is 260 g/mol. The predicted octanol–water partition coefficient (Wildman–Crippen LogP) is 0.603. The summed E-state index contributed by atoms with van der Waals surface area (Å²) in [6.07, 6.45) is 1.22. The number of carboxylic acids is 1. The van der Waals surface area contributed by atoms with Gasteiger partial charge >= 0.3 is 5.97 Å². The predicted molar refractivity (Wildman–Crippen MR) is 75.1 cm³/mol. The Balaban J connectivity index is 2.55. The van der Waals surface area contributed by atoms with Gasteiger partial charge < -0.3 is 20.9 Å². The minimum Gasteiger partial charge on any atom is -0.481 e. The SMILES string of the molecule is CC(C)CC(CN)CC(=O)NC1COCC1(C)C(=O)O. The Hall–Kier alpha value is -1.14. The fourth-order valence-corrected chi connectivity index (χ4v) is 2.53. The van der Waals surface area contributed by atoms with E-state index in [1.165, 1.54) is 0 Å². The van der Waals surface area contributed by atoms with Gasteiger partial charge in [0.25, 0.3) is 0 Å². The first kappa shape index (κ1) is 16.9. The molecule has 6 nitrogen and oxygen atoms in total. The van der Waals surface area contributed by atoms with Crippen molar-refractivity contribution in [1.29, 1.82) is 0 Å². The third-order valence-electron chi connectivity index (χ3n) is 3.89. The Morgan fingerprint density at radius 1 is 1.50 bits per heavy atom. The zero-order chi connectivity index (χ0) is 15.3. The molecule has 0 bridgehead atoms. The summed E-state index contributed by atoms with van der Waals surface area (Å²) in [7, 11) is 0. The molecule has 0 saturated carbocycles. The third kappa shape index (κ3) is 4.18. The van der Waals surface area contributed by atoms with Gasteiger partial charge in [0, 0.05) is 6.42 Å². The summed E-state index contributed by atoms with van der Waals surface area (Å²) in [6, 6.07) is -0.482. The zero-order valence-corrected chi connectivity index (χ0v) is 12.5. The van der Waals surface area contributed by atoms with Crippen molar-refractivity contribution >= 4 is 11.9 Å². The quantitative estimate of drug-likeness (QED) is 0.636. The molecule has 0 radical (unpaired) electrons. The van der Waals surface area contributed by atoms with Gasteiger partial charge in [0.2, 0.25) is 5.91 Å². The normalized spacial score (nSPS) is 27.6. The van der Waals surface area contributed by atoms with E-state index in [9.17, 15) is 14.7 Å². The average Bonchev–Trinajstić information content (AvgIpc) is 2.70. The summed E-state index contributed by atoms with van der Waals surface area (Å²) in [5, 5.41) is 12.0. The van der Waals surface area contributed by atoms with Crippen molar-refractivity contribution in [3.05, 3.63) is 0 Å². The van der Waals surface area contributed by atoms with Crippen LogP contribution in [0.1, 0.15) is 33.6 Å². The lowest BCUT2D eigenvalue weighted by molar-refractivity contribution is -0.149. The van der Waals surface area contributed by atoms with Crippen LogP contribution in [0.5, 0.6) is 0 Å². The molecule has 1 fully saturated rings. The highest BCUT2D eigenvalue weighted by molar-refractivity contribution is 5.80. The van der Waals surface area contributed by atoms with Crippen molar-refractivity contribution in [2.75, 3.05) is 19.8 Å². The van der Waals surface area contributed by atoms with Crippen LogP contribution >= 0.6 is 0 Å². The molecule has 3 atom stereocenters. The van der Waals surface area contributed by atoms with Crippen LogP contribution in [0.3, 0.4) is 0 Å². The molecule has 1 saturated heterocycles. The molecule has 116 valence electrons. The van der Waals surface area contributed by atoms with Gasteiger partial charge in [-0.15, -0.1) is 0 Å². The molecule has 0 spiro atoms. The molecule has 0 aliphatic carbocycles. The van der Waals surface area contributed by atoms with E-state index >= 15 is 0 Å². The highest BCUT2D eigenvalue weighted by atomic mass is 16.5. The van der Waals surface area contributed by atoms with Crippen LogP contribution in [0.4, 0.5) is 0 Å². The Morgan fingerprint density at radius 2 is 2.15 bits per heavy atom. The monoisotopic (exact) mass is 286 g/mol. The van der Waals surface area contributed by atoms with E-state index in [1.54, 1.807) is 6.92 Å². The standard InChI is InChI=1S/C14H26N2O4/c1-9(2)4-10(6-15)5-12(17)16-11-7-20-8-14(11,3)13(18)19/h9-11H,4-8,15H2,1-3H3,(H,16,17)(H,18,19). The first-order valence-corrected chi connectivity index (χ1v) is 7.10. The molecule has 6 heteroatoms. The molecule has 1 heterocycles. The largest absolute Gasteiger partial charge is 0.481 e. The fraction of sp³-hybridized carbons (Fsp3) is 0.857. The third-order valence-corrected chi connectivity index (χ3v) is 3.89. The number of carbonyl (C=O) groups is 2. The van der Waals surface area contributed by atoms with Crippen molar-refractivity contribution < 1.29 is 19.4 Å². The van der Waals surface area contributed by atoms with Crippen molar-refractivity contribution in [2.45, 2.75) is 39.7 Å². The molecule has 1 amide bonds. The lowest BCUT2D eigenvalue weighted by atomic mass is 9.85. The second-order valence-electron chi connectivity index (χ2n) is 6.29. The number of amides is 1. The number of carbonyl (C=O) groups excluding carboxylic acids is 1. The van der Waals surface area contributed by atoms with Crippen molar-refractivity contribution in [3.63, 3.8) is 0 Å². The van der Waals surface area contributed by atoms with Crippen molar-refractivity contribution in [1.82, 2.24) is 5.32 Å². The summed E-state index contributed by atoms with van der Waals surface area (Å²) < 4.78 is 5.21. The summed E-state index contributed by atoms with van der Waals surface area (Å²) in [6.45, 7) is 6.61. The van der Waals surface area contributed by atoms with Crippen LogP contribution in [0, 0.1) is 17.3 Å². The van der Waals surface area contributed by atoms with Gasteiger partial charge in [-0.3, -0.25) is 9.59 Å². The smallest absolute Gasteiger partial charge is 0.313 e. The molecule has 4 N–H and O–H groups in total. The van der Waals surface area contributed by atoms with Gasteiger partial charge in [-0.25, -0.2) is 0 Å². The first-order chi connectivity index (χ1) is 9.29. The zero-order valence-electron chi connectivity index (χ0n) is 12.5. The van der Waals surface area contributed by atoms with E-state index in [1.807, 2.05) is 0 Å². The Bertz CT molecular complexity index is 359. The van der Waals surface area contributed by atoms with E-state index in [4.69, 9.17) is 10.5 Å². The second-order valence-corrected chi connectivity index (χ2v) is 6.29. The van der Waals surface area contributed by atoms with Crippen molar-refractivity contribution in [3.8, 4) is 0 Å². The molecule has 1 aliphatic rings. The van der Waals surface area contributed by atoms with E-state index in [2.05, 4.69) is 19.2 Å². The van der Waals surface area contributed by atoms with E-state index in [-0.39, 0.29) is 25.0 Å². The number of nitrogens with one attached hydrogen (secondary N) is 1. The summed E-state index contributed by atoms with van der Waals surface area (Å²) in [5.41, 5.74) is 4.63. The maximum absolute atomic E-state index is 12.0. The molecule has 3 unspecified atom stereocenters. The van der Waals surface area contributed by atoms with Gasteiger partial charge in [0.15, 0.2) is 0 Å². The number of nitrogens with two attached hydrogens (primary N) is 1. The average molecular weight is 286 g/mol. The number of hydrogen-bond donors (Lipinski definition) is 3. The van der Waals surface area contributed by atoms with Gasteiger partial charge in [-0.2, -0.15) is 0 Å². The molecule has 1 rings (SSSR count). The van der Waals surface area contributed by atoms with Crippen molar-refractivity contribution in [2.24, 2.45) is 23.0 Å². The van der Waals surface area contributed by atoms with E-state index in [0.29, 0.717) is 18.9 Å². The van der Waals surface area contributed by atoms with Gasteiger partial charge in [-0.1, -0.05) is 13.8 Å². The van der Waals surface area contributed by atoms with Crippen LogP contribution in [0.25, 0.3) is 0 Å². The topological polar surface area (TPSA) is 102 Å². The van der Waals surface area contributed by atoms with E-state index < -0.39 is 17.4 Å². The Labute approximate surface area is 120 Å². The van der Waals surface area contributed by atoms with E-state index in [0.717, 1.165) is 6.42 Å². The number of ether oxygens (including phenoxy) is 1. The molecule has 20 heavy (non-hydrogen) atoms. The van der Waals surface area contributed by atoms with Crippen LogP contribution in [0.15, 0.2) is 0 Å².